The Kier molecular flexibility index (Phi) is 14.4. The van der Waals surface area contributed by atoms with Crippen molar-refractivity contribution in [2.24, 2.45) is 0 Å². The van der Waals surface area contributed by atoms with E-state index in [1.807, 2.05) is 24.6 Å². The van der Waals surface area contributed by atoms with Crippen LogP contribution in [0.5, 0.6) is 0 Å². The second-order valence-electron chi connectivity index (χ2n) is 9.15. The van der Waals surface area contributed by atoms with Gasteiger partial charge in [-0.15, -0.1) is 35.3 Å². The van der Waals surface area contributed by atoms with Gasteiger partial charge in [0.1, 0.15) is 29.3 Å². The van der Waals surface area contributed by atoms with Crippen LogP contribution in [0.15, 0.2) is 104 Å². The topological polar surface area (TPSA) is 47.6 Å². The number of nitriles is 2. The van der Waals surface area contributed by atoms with Crippen LogP contribution in [0.2, 0.25) is 0 Å². The Hall–Kier alpha value is -3.81. The molecule has 0 saturated heterocycles. The minimum absolute atomic E-state index is 0.216. The molecule has 0 bridgehead atoms. The average molecular weight is 762 g/mol. The summed E-state index contributed by atoms with van der Waals surface area (Å²) in [7, 11) is 0. The molecule has 0 aliphatic rings. The van der Waals surface area contributed by atoms with Crippen LogP contribution in [-0.2, 0) is 0 Å². The van der Waals surface area contributed by atoms with Crippen molar-refractivity contribution in [1.29, 1.82) is 10.5 Å². The molecule has 0 saturated carbocycles. The summed E-state index contributed by atoms with van der Waals surface area (Å²) in [5.74, 6) is -7.26. The fourth-order valence-corrected chi connectivity index (χ4v) is 5.50. The number of rotatable bonds is 5. The van der Waals surface area contributed by atoms with Crippen LogP contribution in [0, 0.1) is 57.6 Å². The highest BCUT2D eigenvalue weighted by atomic mass is 79.9. The Morgan fingerprint density at radius 3 is 1.40 bits per heavy atom. The van der Waals surface area contributed by atoms with Crippen molar-refractivity contribution in [3.8, 4) is 34.4 Å². The summed E-state index contributed by atoms with van der Waals surface area (Å²) in [4.78, 5) is 3.16. The highest BCUT2D eigenvalue weighted by Gasteiger charge is 2.26. The molecule has 5 aromatic carbocycles. The van der Waals surface area contributed by atoms with Gasteiger partial charge in [-0.2, -0.15) is 10.5 Å². The number of nitrogens with zero attached hydrogens (tertiary/aromatic N) is 2. The lowest BCUT2D eigenvalue weighted by molar-refractivity contribution is 0.492. The third-order valence-electron chi connectivity index (χ3n) is 6.35. The standard InChI is InChI=1S/C21H14F3NS2.C7H7BrS.C7H2F3N/c1-26-14-7-3-12(4-8-14)17-16(11-25)19(22)21(24)18(20(17)23)13-5-9-15(27-2)10-6-13;1-9-7-4-2-6(8)3-5-7;8-5-1-4(3-11)7(10)6(9)2-5/h3-10H,1-2H3;2-5H,1H3;1-2H. The monoisotopic (exact) mass is 760 g/mol. The largest absolute Gasteiger partial charge is 0.207 e. The lowest BCUT2D eigenvalue weighted by Crippen LogP contribution is -2.03. The Morgan fingerprint density at radius 1 is 0.532 bits per heavy atom. The van der Waals surface area contributed by atoms with Crippen LogP contribution >= 0.6 is 51.2 Å². The molecule has 2 nitrogen and oxygen atoms in total. The van der Waals surface area contributed by atoms with Crippen LogP contribution in [0.4, 0.5) is 26.3 Å². The van der Waals surface area contributed by atoms with E-state index in [1.165, 1.54) is 34.5 Å². The third-order valence-corrected chi connectivity index (χ3v) is 9.11. The van der Waals surface area contributed by atoms with Crippen LogP contribution in [0.3, 0.4) is 0 Å². The maximum absolute atomic E-state index is 15.3. The number of benzene rings is 5. The predicted octanol–water partition coefficient (Wildman–Crippen LogP) is 11.9. The van der Waals surface area contributed by atoms with E-state index in [0.717, 1.165) is 14.3 Å². The van der Waals surface area contributed by atoms with E-state index in [-0.39, 0.29) is 11.1 Å². The fraction of sp³-hybridized carbons (Fsp3) is 0.0857. The first-order valence-corrected chi connectivity index (χ1v) is 17.7. The number of hydrogen-bond acceptors (Lipinski definition) is 5. The molecule has 0 amide bonds. The van der Waals surface area contributed by atoms with E-state index in [1.54, 1.807) is 66.4 Å². The highest BCUT2D eigenvalue weighted by molar-refractivity contribution is 9.10. The van der Waals surface area contributed by atoms with Gasteiger partial charge in [-0.25, -0.2) is 26.3 Å². The van der Waals surface area contributed by atoms with E-state index >= 15 is 4.39 Å². The normalized spacial score (nSPS) is 10.1. The Bertz CT molecular complexity index is 1920. The fourth-order valence-electron chi connectivity index (χ4n) is 4.01. The quantitative estimate of drug-likeness (QED) is 0.101. The Labute approximate surface area is 290 Å². The summed E-state index contributed by atoms with van der Waals surface area (Å²) in [6.45, 7) is 0. The van der Waals surface area contributed by atoms with E-state index in [4.69, 9.17) is 5.26 Å². The van der Waals surface area contributed by atoms with Gasteiger partial charge in [-0.3, -0.25) is 0 Å². The molecule has 0 aromatic heterocycles. The van der Waals surface area contributed by atoms with E-state index in [0.29, 0.717) is 17.7 Å². The minimum atomic E-state index is -1.36. The van der Waals surface area contributed by atoms with Gasteiger partial charge in [0.05, 0.1) is 11.1 Å². The van der Waals surface area contributed by atoms with Crippen LogP contribution in [0.1, 0.15) is 11.1 Å². The molecule has 240 valence electrons. The second kappa shape index (κ2) is 17.9. The first-order valence-electron chi connectivity index (χ1n) is 13.2. The van der Waals surface area contributed by atoms with Crippen LogP contribution in [-0.4, -0.2) is 18.8 Å². The van der Waals surface area contributed by atoms with E-state index in [9.17, 15) is 27.2 Å². The molecule has 5 aromatic rings. The molecule has 0 aliphatic heterocycles. The first-order chi connectivity index (χ1) is 22.5. The highest BCUT2D eigenvalue weighted by Crippen LogP contribution is 2.38. The van der Waals surface area contributed by atoms with Crippen molar-refractivity contribution in [3.05, 3.63) is 135 Å². The van der Waals surface area contributed by atoms with Crippen molar-refractivity contribution in [2.75, 3.05) is 18.8 Å². The SMILES string of the molecule is CSc1ccc(-c2c(F)c(F)c(C#N)c(-c3ccc(SC)cc3)c2F)cc1.CSc1ccc(Br)cc1.N#Cc1cc(F)cc(F)c1F. The maximum Gasteiger partial charge on any atom is 0.178 e. The summed E-state index contributed by atoms with van der Waals surface area (Å²) in [5.41, 5.74) is -1.42. The number of thioether (sulfide) groups is 3. The zero-order chi connectivity index (χ0) is 34.7. The molecule has 0 spiro atoms. The second-order valence-corrected chi connectivity index (χ2v) is 12.7. The molecule has 5 rings (SSSR count). The van der Waals surface area contributed by atoms with E-state index < -0.39 is 51.6 Å². The minimum Gasteiger partial charge on any atom is -0.207 e. The van der Waals surface area contributed by atoms with Gasteiger partial charge in [0.15, 0.2) is 23.3 Å². The summed E-state index contributed by atoms with van der Waals surface area (Å²) in [6, 6.07) is 25.4. The third kappa shape index (κ3) is 9.61. The lowest BCUT2D eigenvalue weighted by Gasteiger charge is -2.14. The average Bonchev–Trinajstić information content (AvgIpc) is 3.09. The van der Waals surface area contributed by atoms with Crippen LogP contribution in [0.25, 0.3) is 22.3 Å². The summed E-state index contributed by atoms with van der Waals surface area (Å²) >= 11 is 8.11. The number of hydrogen-bond donors (Lipinski definition) is 0. The molecule has 0 fully saturated rings. The predicted molar refractivity (Wildman–Crippen MR) is 182 cm³/mol. The van der Waals surface area contributed by atoms with Gasteiger partial charge in [-0.05, 0) is 84.5 Å². The molecule has 12 heteroatoms. The summed E-state index contributed by atoms with van der Waals surface area (Å²) < 4.78 is 82.6. The summed E-state index contributed by atoms with van der Waals surface area (Å²) in [5, 5.41) is 17.5. The first kappa shape index (κ1) is 37.6. The van der Waals surface area contributed by atoms with Gasteiger partial charge in [-0.1, -0.05) is 40.2 Å². The lowest BCUT2D eigenvalue weighted by atomic mass is 9.93. The smallest absolute Gasteiger partial charge is 0.178 e. The van der Waals surface area contributed by atoms with Gasteiger partial charge >= 0.3 is 0 Å². The van der Waals surface area contributed by atoms with E-state index in [2.05, 4.69) is 34.3 Å². The molecule has 0 N–H and O–H groups in total. The van der Waals surface area contributed by atoms with Gasteiger partial charge in [0.25, 0.3) is 0 Å². The Balaban J connectivity index is 0.000000244. The van der Waals surface area contributed by atoms with Crippen molar-refractivity contribution in [2.45, 2.75) is 14.7 Å². The molecule has 47 heavy (non-hydrogen) atoms. The zero-order valence-corrected chi connectivity index (χ0v) is 28.9. The molecule has 0 radical (unpaired) electrons. The molecule has 0 unspecified atom stereocenters. The maximum atomic E-state index is 15.3. The summed E-state index contributed by atoms with van der Waals surface area (Å²) in [6.07, 6.45) is 5.85. The van der Waals surface area contributed by atoms with Crippen molar-refractivity contribution in [3.63, 3.8) is 0 Å². The zero-order valence-electron chi connectivity index (χ0n) is 24.8. The van der Waals surface area contributed by atoms with Crippen molar-refractivity contribution >= 4 is 51.2 Å². The molecular weight excluding hydrogens is 738 g/mol. The molecule has 0 atom stereocenters. The molecule has 0 aliphatic carbocycles. The van der Waals surface area contributed by atoms with Crippen molar-refractivity contribution < 1.29 is 26.3 Å². The van der Waals surface area contributed by atoms with Gasteiger partial charge in [0.2, 0.25) is 0 Å². The van der Waals surface area contributed by atoms with Crippen LogP contribution < -0.4 is 0 Å². The van der Waals surface area contributed by atoms with Crippen molar-refractivity contribution in [1.82, 2.24) is 0 Å². The Morgan fingerprint density at radius 2 is 0.979 bits per heavy atom. The van der Waals surface area contributed by atoms with Gasteiger partial charge < -0.3 is 0 Å². The molecule has 0 heterocycles. The number of halogens is 7. The van der Waals surface area contributed by atoms with Gasteiger partial charge in [0, 0.05) is 30.8 Å². The molecular formula is C35H23BrF6N2S3.